The molecule has 1 fully saturated rings. The van der Waals surface area contributed by atoms with E-state index in [0.717, 1.165) is 0 Å². The molecule has 0 saturated heterocycles. The van der Waals surface area contributed by atoms with Crippen molar-refractivity contribution in [3.8, 4) is 5.75 Å². The predicted octanol–water partition coefficient (Wildman–Crippen LogP) is 1.06. The Hall–Kier alpha value is -1.76. The number of amides is 1. The van der Waals surface area contributed by atoms with Gasteiger partial charge in [-0.3, -0.25) is 4.79 Å². The highest BCUT2D eigenvalue weighted by atomic mass is 19.2. The molecule has 0 atom stereocenters. The molecular weight excluding hydrogens is 251 g/mol. The molecule has 0 heterocycles. The van der Waals surface area contributed by atoms with Crippen molar-refractivity contribution in [2.24, 2.45) is 0 Å². The van der Waals surface area contributed by atoms with E-state index in [0.29, 0.717) is 18.9 Å². The minimum atomic E-state index is -1.73. The average Bonchev–Trinajstić information content (AvgIpc) is 2.29. The number of aliphatic hydroxyl groups excluding tert-OH is 1. The van der Waals surface area contributed by atoms with Crippen molar-refractivity contribution in [1.29, 1.82) is 0 Å². The zero-order valence-electron chi connectivity index (χ0n) is 9.08. The third-order valence-corrected chi connectivity index (χ3v) is 2.83. The van der Waals surface area contributed by atoms with Crippen molar-refractivity contribution in [3.63, 3.8) is 0 Å². The van der Waals surface area contributed by atoms with E-state index in [1.165, 1.54) is 0 Å². The van der Waals surface area contributed by atoms with E-state index in [9.17, 15) is 18.0 Å². The van der Waals surface area contributed by atoms with Crippen LogP contribution in [0, 0.1) is 17.5 Å². The van der Waals surface area contributed by atoms with Gasteiger partial charge in [0.15, 0.2) is 17.4 Å². The van der Waals surface area contributed by atoms with Crippen LogP contribution in [0.3, 0.4) is 0 Å². The lowest BCUT2D eigenvalue weighted by Crippen LogP contribution is -2.46. The Labute approximate surface area is 100 Å². The van der Waals surface area contributed by atoms with Crippen molar-refractivity contribution >= 4 is 5.91 Å². The number of nitrogens with one attached hydrogen (secondary N) is 1. The van der Waals surface area contributed by atoms with Crippen LogP contribution in [0.15, 0.2) is 6.07 Å². The Kier molecular flexibility index (Phi) is 3.16. The Morgan fingerprint density at radius 1 is 1.28 bits per heavy atom. The Morgan fingerprint density at radius 3 is 2.44 bits per heavy atom. The number of rotatable bonds is 2. The second-order valence-corrected chi connectivity index (χ2v) is 4.18. The lowest BCUT2D eigenvalue weighted by Gasteiger charge is -2.31. The highest BCUT2D eigenvalue weighted by Crippen LogP contribution is 2.26. The van der Waals surface area contributed by atoms with Crippen LogP contribution in [0.5, 0.6) is 5.75 Å². The summed E-state index contributed by atoms with van der Waals surface area (Å²) in [6, 6.07) is 0.0524. The maximum Gasteiger partial charge on any atom is 0.254 e. The van der Waals surface area contributed by atoms with Gasteiger partial charge in [-0.1, -0.05) is 0 Å². The van der Waals surface area contributed by atoms with Gasteiger partial charge in [-0.25, -0.2) is 8.78 Å². The summed E-state index contributed by atoms with van der Waals surface area (Å²) in [5.41, 5.74) is -0.771. The number of halogens is 3. The third-order valence-electron chi connectivity index (χ3n) is 2.83. The molecule has 1 aromatic carbocycles. The molecule has 0 aromatic heterocycles. The van der Waals surface area contributed by atoms with Crippen molar-refractivity contribution in [2.45, 2.75) is 25.0 Å². The van der Waals surface area contributed by atoms with Crippen LogP contribution < -0.4 is 5.32 Å². The molecular formula is C11H10F3NO3. The number of phenols is 1. The smallest absolute Gasteiger partial charge is 0.254 e. The fourth-order valence-electron chi connectivity index (χ4n) is 1.72. The van der Waals surface area contributed by atoms with E-state index in [1.807, 2.05) is 0 Å². The van der Waals surface area contributed by atoms with Gasteiger partial charge in [-0.15, -0.1) is 0 Å². The normalized spacial score (nSPS) is 22.4. The number of aromatic hydroxyl groups is 1. The van der Waals surface area contributed by atoms with Gasteiger partial charge in [0.05, 0.1) is 11.7 Å². The van der Waals surface area contributed by atoms with E-state index in [-0.39, 0.29) is 6.04 Å². The van der Waals surface area contributed by atoms with Gasteiger partial charge in [0.2, 0.25) is 5.82 Å². The summed E-state index contributed by atoms with van der Waals surface area (Å²) < 4.78 is 39.1. The number of benzene rings is 1. The fraction of sp³-hybridized carbons (Fsp3) is 0.364. The Morgan fingerprint density at radius 2 is 1.89 bits per heavy atom. The van der Waals surface area contributed by atoms with Crippen molar-refractivity contribution < 1.29 is 28.2 Å². The van der Waals surface area contributed by atoms with Crippen LogP contribution in [0.25, 0.3) is 0 Å². The highest BCUT2D eigenvalue weighted by molar-refractivity contribution is 5.95. The third kappa shape index (κ3) is 2.13. The van der Waals surface area contributed by atoms with Crippen molar-refractivity contribution in [1.82, 2.24) is 5.32 Å². The maximum atomic E-state index is 13.4. The zero-order chi connectivity index (χ0) is 13.4. The molecule has 0 aliphatic heterocycles. The van der Waals surface area contributed by atoms with Gasteiger partial charge in [-0.05, 0) is 18.9 Å². The number of carbonyl (C=O) groups is 1. The topological polar surface area (TPSA) is 69.6 Å². The Balaban J connectivity index is 2.20. The highest BCUT2D eigenvalue weighted by Gasteiger charge is 2.30. The first-order valence-electron chi connectivity index (χ1n) is 5.25. The fourth-order valence-corrected chi connectivity index (χ4v) is 1.72. The van der Waals surface area contributed by atoms with Crippen LogP contribution in [-0.4, -0.2) is 28.3 Å². The summed E-state index contributed by atoms with van der Waals surface area (Å²) in [7, 11) is 0. The number of aliphatic hydroxyl groups is 1. The van der Waals surface area contributed by atoms with E-state index in [1.54, 1.807) is 0 Å². The molecule has 1 aliphatic carbocycles. The maximum absolute atomic E-state index is 13.4. The summed E-state index contributed by atoms with van der Waals surface area (Å²) >= 11 is 0. The number of hydrogen-bond donors (Lipinski definition) is 3. The summed E-state index contributed by atoms with van der Waals surface area (Å²) in [5.74, 6) is -7.23. The van der Waals surface area contributed by atoms with E-state index in [2.05, 4.69) is 5.32 Å². The number of carbonyl (C=O) groups excluding carboxylic acids is 1. The molecule has 7 heteroatoms. The van der Waals surface area contributed by atoms with Crippen LogP contribution in [-0.2, 0) is 0 Å². The number of hydrogen-bond acceptors (Lipinski definition) is 3. The van der Waals surface area contributed by atoms with Gasteiger partial charge in [0, 0.05) is 6.04 Å². The number of phenolic OH excluding ortho intramolecular Hbond substituents is 1. The van der Waals surface area contributed by atoms with E-state index < -0.39 is 40.8 Å². The van der Waals surface area contributed by atoms with Gasteiger partial charge in [0.1, 0.15) is 0 Å². The minimum Gasteiger partial charge on any atom is -0.503 e. The molecule has 4 nitrogen and oxygen atoms in total. The molecule has 18 heavy (non-hydrogen) atoms. The predicted molar refractivity (Wildman–Crippen MR) is 54.5 cm³/mol. The van der Waals surface area contributed by atoms with Gasteiger partial charge >= 0.3 is 0 Å². The Bertz CT molecular complexity index is 501. The van der Waals surface area contributed by atoms with Crippen LogP contribution in [0.4, 0.5) is 13.2 Å². The average molecular weight is 261 g/mol. The van der Waals surface area contributed by atoms with Gasteiger partial charge < -0.3 is 15.5 Å². The molecule has 1 saturated carbocycles. The zero-order valence-corrected chi connectivity index (χ0v) is 9.08. The van der Waals surface area contributed by atoms with Crippen LogP contribution >= 0.6 is 0 Å². The van der Waals surface area contributed by atoms with E-state index in [4.69, 9.17) is 10.2 Å². The monoisotopic (exact) mass is 261 g/mol. The molecule has 0 spiro atoms. The molecule has 0 radical (unpaired) electrons. The lowest BCUT2D eigenvalue weighted by atomic mass is 9.89. The van der Waals surface area contributed by atoms with Crippen LogP contribution in [0.1, 0.15) is 23.2 Å². The molecule has 1 amide bonds. The molecule has 1 aromatic rings. The standard InChI is InChI=1S/C11H10F3NO3/c12-7-3-6(8(13)10(17)9(7)14)11(18)15-4-1-5(16)2-4/h3-5,16-17H,1-2H2,(H,15,18). The largest absolute Gasteiger partial charge is 0.503 e. The molecule has 0 unspecified atom stereocenters. The molecule has 98 valence electrons. The van der Waals surface area contributed by atoms with Crippen molar-refractivity contribution in [2.75, 3.05) is 0 Å². The second-order valence-electron chi connectivity index (χ2n) is 4.18. The van der Waals surface area contributed by atoms with E-state index >= 15 is 0 Å². The first-order valence-corrected chi connectivity index (χ1v) is 5.25. The summed E-state index contributed by atoms with van der Waals surface area (Å²) in [6.45, 7) is 0. The lowest BCUT2D eigenvalue weighted by molar-refractivity contribution is 0.0560. The molecule has 0 bridgehead atoms. The first kappa shape index (κ1) is 12.7. The van der Waals surface area contributed by atoms with Gasteiger partial charge in [-0.2, -0.15) is 4.39 Å². The second kappa shape index (κ2) is 4.49. The molecule has 3 N–H and O–H groups in total. The molecule has 1 aliphatic rings. The summed E-state index contributed by atoms with van der Waals surface area (Å²) in [4.78, 5) is 11.6. The van der Waals surface area contributed by atoms with Crippen molar-refractivity contribution in [3.05, 3.63) is 29.1 Å². The summed E-state index contributed by atoms with van der Waals surface area (Å²) in [6.07, 6.45) is 0.130. The first-order chi connectivity index (χ1) is 8.40. The SMILES string of the molecule is O=C(NC1CC(O)C1)c1cc(F)c(F)c(O)c1F. The minimum absolute atomic E-state index is 0.322. The quantitative estimate of drug-likeness (QED) is 0.697. The summed E-state index contributed by atoms with van der Waals surface area (Å²) in [5, 5.41) is 20.3. The van der Waals surface area contributed by atoms with Crippen LogP contribution in [0.2, 0.25) is 0 Å². The van der Waals surface area contributed by atoms with Gasteiger partial charge in [0.25, 0.3) is 5.91 Å². The molecule has 2 rings (SSSR count).